The summed E-state index contributed by atoms with van der Waals surface area (Å²) in [6, 6.07) is 1.92. The van der Waals surface area contributed by atoms with Gasteiger partial charge in [0.1, 0.15) is 0 Å². The predicted molar refractivity (Wildman–Crippen MR) is 67.6 cm³/mol. The molecule has 96 valence electrons. The minimum Gasteiger partial charge on any atom is -0.435 e. The largest absolute Gasteiger partial charge is 0.435 e. The van der Waals surface area contributed by atoms with Gasteiger partial charge in [0.05, 0.1) is 19.0 Å². The summed E-state index contributed by atoms with van der Waals surface area (Å²) in [5.74, 6) is 1.08. The third kappa shape index (κ3) is 2.51. The monoisotopic (exact) mass is 247 g/mol. The molecule has 0 aliphatic heterocycles. The number of aromatic nitrogens is 3. The van der Waals surface area contributed by atoms with Crippen LogP contribution in [-0.4, -0.2) is 19.9 Å². The highest BCUT2D eigenvalue weighted by molar-refractivity contribution is 5.37. The van der Waals surface area contributed by atoms with Gasteiger partial charge in [-0.1, -0.05) is 0 Å². The summed E-state index contributed by atoms with van der Waals surface area (Å²) in [7, 11) is 0. The average Bonchev–Trinajstić information content (AvgIpc) is 2.76. The molecule has 1 N–H and O–H groups in total. The molecule has 18 heavy (non-hydrogen) atoms. The number of pyridine rings is 1. The van der Waals surface area contributed by atoms with Crippen LogP contribution in [0.5, 0.6) is 11.6 Å². The number of hydrogen-bond donors (Lipinski definition) is 1. The van der Waals surface area contributed by atoms with Gasteiger partial charge in [-0.3, -0.25) is 4.68 Å². The first-order chi connectivity index (χ1) is 8.63. The molecule has 0 atom stereocenters. The van der Waals surface area contributed by atoms with Crippen LogP contribution in [0.3, 0.4) is 0 Å². The fourth-order valence-corrected chi connectivity index (χ4v) is 1.79. The van der Waals surface area contributed by atoms with Crippen molar-refractivity contribution in [3.05, 3.63) is 35.3 Å². The normalized spacial score (nSPS) is 10.7. The first-order valence-corrected chi connectivity index (χ1v) is 5.92. The Morgan fingerprint density at radius 3 is 2.78 bits per heavy atom. The number of aryl methyl sites for hydroxylation is 3. The molecule has 2 rings (SSSR count). The second-order valence-corrected chi connectivity index (χ2v) is 4.16. The van der Waals surface area contributed by atoms with Gasteiger partial charge in [-0.15, -0.1) is 0 Å². The summed E-state index contributed by atoms with van der Waals surface area (Å²) in [5, 5.41) is 13.5. The smallest absolute Gasteiger partial charge is 0.225 e. The maximum atomic E-state index is 9.38. The van der Waals surface area contributed by atoms with Crippen molar-refractivity contribution in [1.29, 1.82) is 0 Å². The molecule has 2 aromatic heterocycles. The minimum absolute atomic E-state index is 0.0869. The molecular weight excluding hydrogens is 230 g/mol. The quantitative estimate of drug-likeness (QED) is 0.899. The molecule has 0 unspecified atom stereocenters. The third-order valence-corrected chi connectivity index (χ3v) is 2.74. The van der Waals surface area contributed by atoms with E-state index in [1.807, 2.05) is 26.8 Å². The number of ether oxygens (including phenoxy) is 1. The van der Waals surface area contributed by atoms with Gasteiger partial charge < -0.3 is 9.84 Å². The molecule has 5 heteroatoms. The Balaban J connectivity index is 2.32. The maximum absolute atomic E-state index is 9.38. The predicted octanol–water partition coefficient (Wildman–Crippen LogP) is 2.20. The summed E-state index contributed by atoms with van der Waals surface area (Å²) >= 11 is 0. The first kappa shape index (κ1) is 12.6. The Hall–Kier alpha value is -1.88. The van der Waals surface area contributed by atoms with Gasteiger partial charge in [0.15, 0.2) is 5.75 Å². The molecule has 5 nitrogen and oxygen atoms in total. The van der Waals surface area contributed by atoms with Crippen LogP contribution in [0.2, 0.25) is 0 Å². The van der Waals surface area contributed by atoms with E-state index in [0.29, 0.717) is 17.2 Å². The summed E-state index contributed by atoms with van der Waals surface area (Å²) in [5.41, 5.74) is 2.55. The van der Waals surface area contributed by atoms with E-state index < -0.39 is 0 Å². The third-order valence-electron chi connectivity index (χ3n) is 2.74. The summed E-state index contributed by atoms with van der Waals surface area (Å²) in [4.78, 5) is 4.32. The van der Waals surface area contributed by atoms with E-state index in [-0.39, 0.29) is 6.61 Å². The molecule has 0 radical (unpaired) electrons. The van der Waals surface area contributed by atoms with Crippen LogP contribution in [0.4, 0.5) is 0 Å². The molecule has 0 fully saturated rings. The zero-order chi connectivity index (χ0) is 13.1. The highest BCUT2D eigenvalue weighted by atomic mass is 16.5. The van der Waals surface area contributed by atoms with E-state index in [2.05, 4.69) is 10.1 Å². The van der Waals surface area contributed by atoms with E-state index in [4.69, 9.17) is 4.74 Å². The fraction of sp³-hybridized carbons (Fsp3) is 0.385. The lowest BCUT2D eigenvalue weighted by Gasteiger charge is -2.10. The molecule has 2 aromatic rings. The number of aliphatic hydroxyl groups excluding tert-OH is 1. The first-order valence-electron chi connectivity index (χ1n) is 5.92. The molecule has 0 aliphatic rings. The Bertz CT molecular complexity index is 549. The molecular formula is C13H17N3O2. The number of nitrogens with zero attached hydrogens (tertiary/aromatic N) is 3. The topological polar surface area (TPSA) is 60.2 Å². The molecule has 0 spiro atoms. The second-order valence-electron chi connectivity index (χ2n) is 4.16. The zero-order valence-corrected chi connectivity index (χ0v) is 10.8. The molecule has 0 aliphatic carbocycles. The molecule has 0 aromatic carbocycles. The van der Waals surface area contributed by atoms with E-state index >= 15 is 0 Å². The fourth-order valence-electron chi connectivity index (χ4n) is 1.79. The maximum Gasteiger partial charge on any atom is 0.225 e. The Morgan fingerprint density at radius 2 is 2.17 bits per heavy atom. The second kappa shape index (κ2) is 5.18. The van der Waals surface area contributed by atoms with E-state index in [0.717, 1.165) is 17.8 Å². The standard InChI is InChI=1S/C13H17N3O2/c1-4-16-7-11(6-14-16)18-13-12(8-17)9(2)5-10(3)15-13/h5-7,17H,4,8H2,1-3H3. The van der Waals surface area contributed by atoms with Gasteiger partial charge in [0, 0.05) is 17.8 Å². The Morgan fingerprint density at radius 1 is 1.39 bits per heavy atom. The number of rotatable bonds is 4. The van der Waals surface area contributed by atoms with Gasteiger partial charge in [-0.05, 0) is 32.4 Å². The highest BCUT2D eigenvalue weighted by Crippen LogP contribution is 2.26. The van der Waals surface area contributed by atoms with Gasteiger partial charge >= 0.3 is 0 Å². The lowest BCUT2D eigenvalue weighted by atomic mass is 10.1. The summed E-state index contributed by atoms with van der Waals surface area (Å²) < 4.78 is 7.46. The van der Waals surface area contributed by atoms with Crippen LogP contribution in [0, 0.1) is 13.8 Å². The van der Waals surface area contributed by atoms with Crippen molar-refractivity contribution in [2.45, 2.75) is 33.9 Å². The van der Waals surface area contributed by atoms with Crippen molar-refractivity contribution >= 4 is 0 Å². The van der Waals surface area contributed by atoms with Gasteiger partial charge in [-0.2, -0.15) is 5.10 Å². The van der Waals surface area contributed by atoms with Crippen molar-refractivity contribution in [3.8, 4) is 11.6 Å². The van der Waals surface area contributed by atoms with Crippen LogP contribution in [0.1, 0.15) is 23.7 Å². The number of hydrogen-bond acceptors (Lipinski definition) is 4. The SMILES string of the molecule is CCn1cc(Oc2nc(C)cc(C)c2CO)cn1. The summed E-state index contributed by atoms with van der Waals surface area (Å²) in [6.07, 6.45) is 3.45. The zero-order valence-electron chi connectivity index (χ0n) is 10.8. The highest BCUT2D eigenvalue weighted by Gasteiger charge is 2.11. The summed E-state index contributed by atoms with van der Waals surface area (Å²) in [6.45, 7) is 6.54. The van der Waals surface area contributed by atoms with Gasteiger partial charge in [-0.25, -0.2) is 4.98 Å². The number of aliphatic hydroxyl groups is 1. The van der Waals surface area contributed by atoms with E-state index in [1.165, 1.54) is 0 Å². The van der Waals surface area contributed by atoms with Crippen molar-refractivity contribution in [1.82, 2.24) is 14.8 Å². The van der Waals surface area contributed by atoms with Gasteiger partial charge in [0.25, 0.3) is 0 Å². The Kier molecular flexibility index (Phi) is 3.62. The Labute approximate surface area is 106 Å². The van der Waals surface area contributed by atoms with Crippen LogP contribution in [0.25, 0.3) is 0 Å². The van der Waals surface area contributed by atoms with Crippen molar-refractivity contribution < 1.29 is 9.84 Å². The van der Waals surface area contributed by atoms with Crippen LogP contribution < -0.4 is 4.74 Å². The molecule has 0 amide bonds. The van der Waals surface area contributed by atoms with Crippen molar-refractivity contribution in [3.63, 3.8) is 0 Å². The van der Waals surface area contributed by atoms with Crippen molar-refractivity contribution in [2.24, 2.45) is 0 Å². The lowest BCUT2D eigenvalue weighted by molar-refractivity contribution is 0.274. The van der Waals surface area contributed by atoms with Crippen molar-refractivity contribution in [2.75, 3.05) is 0 Å². The molecule has 2 heterocycles. The molecule has 0 bridgehead atoms. The van der Waals surface area contributed by atoms with Gasteiger partial charge in [0.2, 0.25) is 5.88 Å². The molecule has 0 saturated carbocycles. The lowest BCUT2D eigenvalue weighted by Crippen LogP contribution is -1.99. The van der Waals surface area contributed by atoms with E-state index in [1.54, 1.807) is 17.1 Å². The minimum atomic E-state index is -0.0869. The molecule has 0 saturated heterocycles. The van der Waals surface area contributed by atoms with Crippen LogP contribution in [-0.2, 0) is 13.2 Å². The van der Waals surface area contributed by atoms with Crippen LogP contribution in [0.15, 0.2) is 18.5 Å². The average molecular weight is 247 g/mol. The van der Waals surface area contributed by atoms with Crippen LogP contribution >= 0.6 is 0 Å². The van der Waals surface area contributed by atoms with E-state index in [9.17, 15) is 5.11 Å².